The number of fused-ring (bicyclic) bond motifs is 1. The number of carbonyl (C=O) groups excluding carboxylic acids is 1. The van der Waals surface area contributed by atoms with Gasteiger partial charge in [-0.3, -0.25) is 0 Å². The molecule has 0 aliphatic carbocycles. The normalized spacial score (nSPS) is 13.0. The minimum atomic E-state index is -4.33. The fourth-order valence-electron chi connectivity index (χ4n) is 4.59. The van der Waals surface area contributed by atoms with Crippen LogP contribution < -0.4 is 44.9 Å². The number of carbonyl (C=O) groups is 1. The minimum Gasteiger partial charge on any atom is -0.550 e. The van der Waals surface area contributed by atoms with Crippen molar-refractivity contribution in [2.75, 3.05) is 23.3 Å². The summed E-state index contributed by atoms with van der Waals surface area (Å²) in [5.41, 5.74) is 4.61. The number of anilines is 2. The van der Waals surface area contributed by atoms with E-state index in [1.165, 1.54) is 23.8 Å². The van der Waals surface area contributed by atoms with Crippen LogP contribution >= 0.6 is 0 Å². The van der Waals surface area contributed by atoms with E-state index in [-0.39, 0.29) is 42.4 Å². The number of carboxylic acids is 1. The Morgan fingerprint density at radius 1 is 1.00 bits per heavy atom. The molecule has 3 aromatic carbocycles. The smallest absolute Gasteiger partial charge is 0.550 e. The average Bonchev–Trinajstić information content (AvgIpc) is 2.85. The Morgan fingerprint density at radius 3 is 2.43 bits per heavy atom. The van der Waals surface area contributed by atoms with E-state index in [0.29, 0.717) is 30.8 Å². The minimum absolute atomic E-state index is 0. The molecule has 0 bridgehead atoms. The molecular weight excluding hydrogens is 495 g/mol. The van der Waals surface area contributed by atoms with E-state index in [4.69, 9.17) is 0 Å². The first-order chi connectivity index (χ1) is 17.2. The van der Waals surface area contributed by atoms with Crippen molar-refractivity contribution in [2.24, 2.45) is 0 Å². The summed E-state index contributed by atoms with van der Waals surface area (Å²) in [6.07, 6.45) is -1.94. The molecule has 0 aromatic heterocycles. The molecule has 1 aliphatic heterocycles. The van der Waals surface area contributed by atoms with Gasteiger partial charge in [0, 0.05) is 37.0 Å². The van der Waals surface area contributed by atoms with Crippen molar-refractivity contribution in [2.45, 2.75) is 44.8 Å². The van der Waals surface area contributed by atoms with Crippen LogP contribution in [-0.4, -0.2) is 19.1 Å². The molecule has 0 radical (unpaired) electrons. The number of aliphatic carboxylic acids is 1. The molecule has 0 saturated carbocycles. The van der Waals surface area contributed by atoms with Gasteiger partial charge in [0.2, 0.25) is 0 Å². The van der Waals surface area contributed by atoms with Gasteiger partial charge < -0.3 is 20.1 Å². The molecule has 37 heavy (non-hydrogen) atoms. The number of halogens is 4. The van der Waals surface area contributed by atoms with Crippen molar-refractivity contribution < 1.29 is 57.0 Å². The van der Waals surface area contributed by atoms with Gasteiger partial charge in [0.25, 0.3) is 0 Å². The molecule has 0 unspecified atom stereocenters. The van der Waals surface area contributed by atoms with E-state index in [0.717, 1.165) is 48.3 Å². The molecule has 4 rings (SSSR count). The first-order valence-corrected chi connectivity index (χ1v) is 11.9. The van der Waals surface area contributed by atoms with Crippen LogP contribution in [0.5, 0.6) is 0 Å². The largest absolute Gasteiger partial charge is 1.00 e. The van der Waals surface area contributed by atoms with Crippen LogP contribution in [0.25, 0.3) is 0 Å². The van der Waals surface area contributed by atoms with Crippen LogP contribution in [0.1, 0.15) is 40.7 Å². The van der Waals surface area contributed by atoms with Crippen molar-refractivity contribution in [3.05, 3.63) is 94.3 Å². The van der Waals surface area contributed by atoms with Crippen molar-refractivity contribution in [3.8, 4) is 0 Å². The van der Waals surface area contributed by atoms with Crippen molar-refractivity contribution in [3.63, 3.8) is 0 Å². The predicted molar refractivity (Wildman–Crippen MR) is 129 cm³/mol. The van der Waals surface area contributed by atoms with E-state index >= 15 is 0 Å². The second-order valence-corrected chi connectivity index (χ2v) is 8.98. The standard InChI is InChI=1S/C28H28F4N2O2.Na/c29-25-17-23(12-8-20(25)9-13-27(35)36)33-18-21-3-1-5-26-24(21)4-2-15-34(26)16-14-19-6-10-22(11-7-19)28(30,31)32;/h1,3,5-8,10-12,17,33H,2,4,9,13-16,18H2,(H,35,36);/q;+1/p-1. The van der Waals surface area contributed by atoms with Crippen LogP contribution in [0.2, 0.25) is 0 Å². The van der Waals surface area contributed by atoms with Crippen molar-refractivity contribution >= 4 is 17.3 Å². The maximum absolute atomic E-state index is 14.3. The number of benzene rings is 3. The third-order valence-electron chi connectivity index (χ3n) is 6.53. The van der Waals surface area contributed by atoms with E-state index in [2.05, 4.69) is 16.3 Å². The zero-order chi connectivity index (χ0) is 25.7. The number of nitrogens with zero attached hydrogens (tertiary/aromatic N) is 1. The van der Waals surface area contributed by atoms with E-state index in [9.17, 15) is 27.5 Å². The van der Waals surface area contributed by atoms with Gasteiger partial charge in [0.1, 0.15) is 5.82 Å². The topological polar surface area (TPSA) is 55.4 Å². The molecule has 1 N–H and O–H groups in total. The third-order valence-corrected chi connectivity index (χ3v) is 6.53. The molecule has 0 amide bonds. The van der Waals surface area contributed by atoms with Crippen LogP contribution in [0, 0.1) is 5.82 Å². The molecule has 3 aromatic rings. The van der Waals surface area contributed by atoms with Gasteiger partial charge in [-0.2, -0.15) is 13.2 Å². The van der Waals surface area contributed by atoms with Gasteiger partial charge in [-0.1, -0.05) is 30.3 Å². The monoisotopic (exact) mass is 522 g/mol. The predicted octanol–water partition coefficient (Wildman–Crippen LogP) is 2.14. The fourth-order valence-corrected chi connectivity index (χ4v) is 4.59. The van der Waals surface area contributed by atoms with Gasteiger partial charge in [0.15, 0.2) is 0 Å². The maximum Gasteiger partial charge on any atom is 1.00 e. The summed E-state index contributed by atoms with van der Waals surface area (Å²) < 4.78 is 52.8. The number of hydrogen-bond acceptors (Lipinski definition) is 4. The molecule has 0 saturated heterocycles. The maximum atomic E-state index is 14.3. The number of nitrogens with one attached hydrogen (secondary N) is 1. The number of alkyl halides is 3. The van der Waals surface area contributed by atoms with Gasteiger partial charge >= 0.3 is 35.7 Å². The molecule has 0 fully saturated rings. The van der Waals surface area contributed by atoms with Gasteiger partial charge in [-0.05, 0) is 84.7 Å². The molecule has 1 aliphatic rings. The molecule has 9 heteroatoms. The first kappa shape index (κ1) is 29.0. The second kappa shape index (κ2) is 12.8. The second-order valence-electron chi connectivity index (χ2n) is 8.98. The van der Waals surface area contributed by atoms with Crippen LogP contribution in [0.3, 0.4) is 0 Å². The summed E-state index contributed by atoms with van der Waals surface area (Å²) in [5, 5.41) is 13.9. The summed E-state index contributed by atoms with van der Waals surface area (Å²) in [4.78, 5) is 12.9. The fraction of sp³-hybridized carbons (Fsp3) is 0.321. The zero-order valence-corrected chi connectivity index (χ0v) is 22.7. The van der Waals surface area contributed by atoms with Crippen molar-refractivity contribution in [1.29, 1.82) is 0 Å². The van der Waals surface area contributed by atoms with Gasteiger partial charge in [-0.15, -0.1) is 0 Å². The van der Waals surface area contributed by atoms with Crippen LogP contribution in [-0.2, 0) is 36.8 Å². The Hall–Kier alpha value is -2.55. The van der Waals surface area contributed by atoms with Gasteiger partial charge in [0.05, 0.1) is 5.56 Å². The van der Waals surface area contributed by atoms with E-state index < -0.39 is 23.5 Å². The molecule has 190 valence electrons. The van der Waals surface area contributed by atoms with Crippen molar-refractivity contribution in [1.82, 2.24) is 0 Å². The Labute approximate surface area is 236 Å². The first-order valence-electron chi connectivity index (χ1n) is 11.9. The number of hydrogen-bond donors (Lipinski definition) is 1. The summed E-state index contributed by atoms with van der Waals surface area (Å²) in [6.45, 7) is 2.09. The van der Waals surface area contributed by atoms with E-state index in [1.807, 2.05) is 12.1 Å². The number of rotatable bonds is 9. The number of carboxylic acid groups (broad SMARTS) is 1. The molecular formula is C28H27F4N2NaO2. The quantitative estimate of drug-likeness (QED) is 0.346. The number of aryl methyl sites for hydroxylation is 1. The third kappa shape index (κ3) is 7.72. The SMILES string of the molecule is O=C([O-])CCc1ccc(NCc2cccc3c2CCCN3CCc2ccc(C(F)(F)F)cc2)cc1F.[Na+]. The Bertz CT molecular complexity index is 1220. The summed E-state index contributed by atoms with van der Waals surface area (Å²) in [7, 11) is 0. The van der Waals surface area contributed by atoms with Crippen LogP contribution in [0.4, 0.5) is 28.9 Å². The molecule has 0 spiro atoms. The molecule has 0 atom stereocenters. The Morgan fingerprint density at radius 2 is 1.76 bits per heavy atom. The Kier molecular flexibility index (Phi) is 10.0. The average molecular weight is 523 g/mol. The Balaban J connectivity index is 0.00000380. The molecule has 4 nitrogen and oxygen atoms in total. The van der Waals surface area contributed by atoms with E-state index in [1.54, 1.807) is 12.1 Å². The molecule has 1 heterocycles. The van der Waals surface area contributed by atoms with Crippen LogP contribution in [0.15, 0.2) is 60.7 Å². The van der Waals surface area contributed by atoms with Gasteiger partial charge in [-0.25, -0.2) is 4.39 Å². The zero-order valence-electron chi connectivity index (χ0n) is 20.7. The summed E-state index contributed by atoms with van der Waals surface area (Å²) >= 11 is 0. The summed E-state index contributed by atoms with van der Waals surface area (Å²) in [5.74, 6) is -1.66. The summed E-state index contributed by atoms with van der Waals surface area (Å²) in [6, 6.07) is 16.1.